The smallest absolute Gasteiger partial charge is 0.254 e. The predicted octanol–water partition coefficient (Wildman–Crippen LogP) is 2.93. The first-order chi connectivity index (χ1) is 8.40. The Bertz CT molecular complexity index is 456. The first kappa shape index (κ1) is 13.8. The van der Waals surface area contributed by atoms with Crippen LogP contribution in [0.15, 0.2) is 22.7 Å². The van der Waals surface area contributed by atoms with E-state index >= 15 is 0 Å². The third-order valence-corrected chi connectivity index (χ3v) is 3.83. The Morgan fingerprint density at radius 1 is 1.44 bits per heavy atom. The van der Waals surface area contributed by atoms with Crippen LogP contribution in [0, 0.1) is 0 Å². The Hall–Kier alpha value is -0.580. The van der Waals surface area contributed by atoms with Crippen molar-refractivity contribution in [3.8, 4) is 0 Å². The highest BCUT2D eigenvalue weighted by molar-refractivity contribution is 9.10. The minimum Gasteiger partial charge on any atom is -0.331 e. The highest BCUT2D eigenvalue weighted by Crippen LogP contribution is 2.24. The van der Waals surface area contributed by atoms with Crippen LogP contribution in [-0.2, 0) is 0 Å². The average Bonchev–Trinajstić information content (AvgIpc) is 2.26. The zero-order valence-electron chi connectivity index (χ0n) is 10.5. The second-order valence-corrected chi connectivity index (χ2v) is 6.46. The molecule has 1 fully saturated rings. The number of amides is 1. The van der Waals surface area contributed by atoms with Gasteiger partial charge in [-0.3, -0.25) is 4.79 Å². The van der Waals surface area contributed by atoms with Crippen LogP contribution < -0.4 is 5.32 Å². The summed E-state index contributed by atoms with van der Waals surface area (Å²) in [5.41, 5.74) is 0.453. The fourth-order valence-electron chi connectivity index (χ4n) is 2.19. The fraction of sp³-hybridized carbons (Fsp3) is 0.462. The maximum absolute atomic E-state index is 12.5. The minimum atomic E-state index is -0.176. The minimum absolute atomic E-state index is 0.0321. The summed E-state index contributed by atoms with van der Waals surface area (Å²) in [6, 6.07) is 5.31. The summed E-state index contributed by atoms with van der Waals surface area (Å²) in [5, 5.41) is 3.87. The van der Waals surface area contributed by atoms with Crippen molar-refractivity contribution in [2.45, 2.75) is 19.4 Å². The van der Waals surface area contributed by atoms with Gasteiger partial charge in [-0.2, -0.15) is 0 Å². The number of hydrogen-bond acceptors (Lipinski definition) is 2. The van der Waals surface area contributed by atoms with Crippen LogP contribution in [0.5, 0.6) is 0 Å². The van der Waals surface area contributed by atoms with Crippen molar-refractivity contribution in [2.75, 3.05) is 19.6 Å². The van der Waals surface area contributed by atoms with Crippen LogP contribution >= 0.6 is 27.5 Å². The lowest BCUT2D eigenvalue weighted by Crippen LogP contribution is -2.59. The van der Waals surface area contributed by atoms with Gasteiger partial charge in [0.2, 0.25) is 0 Å². The highest BCUT2D eigenvalue weighted by atomic mass is 79.9. The normalized spacial score (nSPS) is 18.8. The molecule has 2 rings (SSSR count). The number of nitrogens with zero attached hydrogens (tertiary/aromatic N) is 1. The lowest BCUT2D eigenvalue weighted by molar-refractivity contribution is 0.0477. The second kappa shape index (κ2) is 5.19. The van der Waals surface area contributed by atoms with Crippen LogP contribution in [0.1, 0.15) is 24.2 Å². The quantitative estimate of drug-likeness (QED) is 0.858. The molecule has 0 aromatic heterocycles. The van der Waals surface area contributed by atoms with Gasteiger partial charge in [-0.05, 0) is 32.0 Å². The standard InChI is InChI=1S/C13H16BrClN2O/c1-13(2)8-16-3-4-17(13)12(18)9-5-10(14)7-11(15)6-9/h5-7,16H,3-4,8H2,1-2H3. The van der Waals surface area contributed by atoms with Crippen LogP contribution in [0.2, 0.25) is 5.02 Å². The molecule has 1 aromatic carbocycles. The molecule has 0 bridgehead atoms. The number of rotatable bonds is 1. The van der Waals surface area contributed by atoms with E-state index in [0.717, 1.165) is 24.1 Å². The van der Waals surface area contributed by atoms with Crippen molar-refractivity contribution in [2.24, 2.45) is 0 Å². The summed E-state index contributed by atoms with van der Waals surface area (Å²) < 4.78 is 0.825. The molecule has 1 amide bonds. The number of carbonyl (C=O) groups is 1. The monoisotopic (exact) mass is 330 g/mol. The van der Waals surface area contributed by atoms with E-state index in [4.69, 9.17) is 11.6 Å². The summed E-state index contributed by atoms with van der Waals surface area (Å²) in [4.78, 5) is 14.4. The number of hydrogen-bond donors (Lipinski definition) is 1. The Balaban J connectivity index is 2.30. The first-order valence-corrected chi connectivity index (χ1v) is 7.06. The van der Waals surface area contributed by atoms with Gasteiger partial charge in [-0.15, -0.1) is 0 Å². The molecular formula is C13H16BrClN2O. The molecule has 18 heavy (non-hydrogen) atoms. The van der Waals surface area contributed by atoms with Gasteiger partial charge >= 0.3 is 0 Å². The lowest BCUT2D eigenvalue weighted by atomic mass is 9.99. The zero-order chi connectivity index (χ0) is 13.3. The SMILES string of the molecule is CC1(C)CNCCN1C(=O)c1cc(Cl)cc(Br)c1. The van der Waals surface area contributed by atoms with E-state index in [1.165, 1.54) is 0 Å². The van der Waals surface area contributed by atoms with Gasteiger partial charge in [0, 0.05) is 34.7 Å². The fourth-order valence-corrected chi connectivity index (χ4v) is 3.05. The molecule has 98 valence electrons. The van der Waals surface area contributed by atoms with Gasteiger partial charge in [-0.1, -0.05) is 27.5 Å². The molecule has 1 aliphatic rings. The first-order valence-electron chi connectivity index (χ1n) is 5.89. The maximum atomic E-state index is 12.5. The van der Waals surface area contributed by atoms with Crippen molar-refractivity contribution in [1.82, 2.24) is 10.2 Å². The van der Waals surface area contributed by atoms with Gasteiger partial charge in [0.05, 0.1) is 5.54 Å². The van der Waals surface area contributed by atoms with Crippen molar-refractivity contribution in [1.29, 1.82) is 0 Å². The predicted molar refractivity (Wildman–Crippen MR) is 77.1 cm³/mol. The van der Waals surface area contributed by atoms with Crippen LogP contribution in [0.4, 0.5) is 0 Å². The van der Waals surface area contributed by atoms with E-state index in [1.807, 2.05) is 11.0 Å². The molecule has 1 aromatic rings. The van der Waals surface area contributed by atoms with E-state index in [9.17, 15) is 4.79 Å². The molecule has 1 saturated heterocycles. The molecule has 0 atom stereocenters. The number of nitrogens with one attached hydrogen (secondary N) is 1. The summed E-state index contributed by atoms with van der Waals surface area (Å²) >= 11 is 9.36. The van der Waals surface area contributed by atoms with Crippen LogP contribution in [0.3, 0.4) is 0 Å². The van der Waals surface area contributed by atoms with E-state index in [1.54, 1.807) is 12.1 Å². The second-order valence-electron chi connectivity index (χ2n) is 5.10. The third kappa shape index (κ3) is 2.87. The van der Waals surface area contributed by atoms with E-state index in [-0.39, 0.29) is 11.4 Å². The largest absolute Gasteiger partial charge is 0.331 e. The van der Waals surface area contributed by atoms with Crippen molar-refractivity contribution in [3.05, 3.63) is 33.3 Å². The van der Waals surface area contributed by atoms with Gasteiger partial charge in [0.25, 0.3) is 5.91 Å². The van der Waals surface area contributed by atoms with Crippen LogP contribution in [-0.4, -0.2) is 36.0 Å². The lowest BCUT2D eigenvalue weighted by Gasteiger charge is -2.42. The zero-order valence-corrected chi connectivity index (χ0v) is 12.8. The summed E-state index contributed by atoms with van der Waals surface area (Å²) in [6.45, 7) is 6.49. The molecule has 1 N–H and O–H groups in total. The number of carbonyl (C=O) groups excluding carboxylic acids is 1. The molecular weight excluding hydrogens is 316 g/mol. The molecule has 0 aliphatic carbocycles. The Labute approximate surface area is 121 Å². The average molecular weight is 332 g/mol. The van der Waals surface area contributed by atoms with Crippen molar-refractivity contribution in [3.63, 3.8) is 0 Å². The molecule has 1 aliphatic heterocycles. The topological polar surface area (TPSA) is 32.3 Å². The highest BCUT2D eigenvalue weighted by Gasteiger charge is 2.33. The third-order valence-electron chi connectivity index (χ3n) is 3.16. The van der Waals surface area contributed by atoms with Gasteiger partial charge < -0.3 is 10.2 Å². The summed E-state index contributed by atoms with van der Waals surface area (Å²) in [6.07, 6.45) is 0. The van der Waals surface area contributed by atoms with Gasteiger partial charge in [0.15, 0.2) is 0 Å². The molecule has 1 heterocycles. The van der Waals surface area contributed by atoms with E-state index < -0.39 is 0 Å². The number of benzene rings is 1. The molecule has 0 spiro atoms. The maximum Gasteiger partial charge on any atom is 0.254 e. The Morgan fingerprint density at radius 3 is 2.78 bits per heavy atom. The number of halogens is 2. The molecule has 3 nitrogen and oxygen atoms in total. The molecule has 0 unspecified atom stereocenters. The number of piperazine rings is 1. The van der Waals surface area contributed by atoms with Gasteiger partial charge in [-0.25, -0.2) is 0 Å². The van der Waals surface area contributed by atoms with E-state index in [2.05, 4.69) is 35.1 Å². The van der Waals surface area contributed by atoms with Crippen LogP contribution in [0.25, 0.3) is 0 Å². The van der Waals surface area contributed by atoms with Crippen molar-refractivity contribution < 1.29 is 4.79 Å². The Kier molecular flexibility index (Phi) is 3.99. The summed E-state index contributed by atoms with van der Waals surface area (Å²) in [5.74, 6) is 0.0321. The molecule has 0 radical (unpaired) electrons. The van der Waals surface area contributed by atoms with Crippen molar-refractivity contribution >= 4 is 33.4 Å². The van der Waals surface area contributed by atoms with Gasteiger partial charge in [0.1, 0.15) is 0 Å². The Morgan fingerprint density at radius 2 is 2.17 bits per heavy atom. The molecule has 5 heteroatoms. The van der Waals surface area contributed by atoms with E-state index in [0.29, 0.717) is 10.6 Å². The summed E-state index contributed by atoms with van der Waals surface area (Å²) in [7, 11) is 0. The molecule has 0 saturated carbocycles.